The molecule has 0 unspecified atom stereocenters. The number of nitrogens with zero attached hydrogens (tertiary/aromatic N) is 1. The van der Waals surface area contributed by atoms with E-state index in [1.807, 2.05) is 14.1 Å². The van der Waals surface area contributed by atoms with Gasteiger partial charge < -0.3 is 0 Å². The van der Waals surface area contributed by atoms with Gasteiger partial charge in [-0.15, -0.1) is 0 Å². The summed E-state index contributed by atoms with van der Waals surface area (Å²) in [5, 5.41) is 0. The Kier molecular flexibility index (Phi) is 8.00. The molecule has 0 fully saturated rings. The normalized spacial score (nSPS) is 12.6. The highest BCUT2D eigenvalue weighted by Crippen LogP contribution is 2.55. The summed E-state index contributed by atoms with van der Waals surface area (Å²) in [6, 6.07) is 12.7. The van der Waals surface area contributed by atoms with Gasteiger partial charge in [-0.05, 0) is 73.2 Å². The lowest BCUT2D eigenvalue weighted by atomic mass is 9.73. The molecule has 2 aromatic rings. The van der Waals surface area contributed by atoms with E-state index in [9.17, 15) is 14.7 Å². The van der Waals surface area contributed by atoms with Gasteiger partial charge in [0.1, 0.15) is 5.54 Å². The summed E-state index contributed by atoms with van der Waals surface area (Å²) < 4.78 is 0. The number of aryl methyl sites for hydroxylation is 4. The first-order chi connectivity index (χ1) is 13.7. The summed E-state index contributed by atoms with van der Waals surface area (Å²) in [7, 11) is -0.126. The van der Waals surface area contributed by atoms with Crippen LogP contribution in [0.2, 0.25) is 0 Å². The molecule has 4 nitrogen and oxygen atoms in total. The lowest BCUT2D eigenvalue weighted by Crippen LogP contribution is -2.49. The van der Waals surface area contributed by atoms with Crippen molar-refractivity contribution in [2.45, 2.75) is 58.9 Å². The molecule has 0 aliphatic heterocycles. The van der Waals surface area contributed by atoms with Crippen LogP contribution < -0.4 is 0 Å². The van der Waals surface area contributed by atoms with E-state index < -0.39 is 13.5 Å². The molecular formula is C24H37NO3P+. The maximum absolute atomic E-state index is 10.4. The van der Waals surface area contributed by atoms with E-state index in [1.165, 1.54) is 22.3 Å². The van der Waals surface area contributed by atoms with Gasteiger partial charge in [0.05, 0.1) is 0 Å². The molecule has 0 saturated carbocycles. The number of hydrogen-bond donors (Lipinski definition) is 3. The average molecular weight is 419 g/mol. The van der Waals surface area contributed by atoms with Crippen LogP contribution in [0.3, 0.4) is 0 Å². The predicted molar refractivity (Wildman–Crippen MR) is 123 cm³/mol. The van der Waals surface area contributed by atoms with Gasteiger partial charge in [-0.25, -0.2) is 0 Å². The predicted octanol–water partition coefficient (Wildman–Crippen LogP) is 4.48. The second-order valence-electron chi connectivity index (χ2n) is 7.92. The van der Waals surface area contributed by atoms with E-state index in [2.05, 4.69) is 69.0 Å². The molecule has 2 rings (SSSR count). The van der Waals surface area contributed by atoms with Gasteiger partial charge >= 0.3 is 7.94 Å². The highest BCUT2D eigenvalue weighted by atomic mass is 31.2. The maximum Gasteiger partial charge on any atom is 0.406 e. The van der Waals surface area contributed by atoms with Crippen LogP contribution in [-0.2, 0) is 31.2 Å². The number of rotatable bonds is 9. The molecule has 0 aromatic heterocycles. The molecule has 0 aliphatic rings. The van der Waals surface area contributed by atoms with E-state index >= 15 is 0 Å². The zero-order valence-electron chi connectivity index (χ0n) is 18.7. The van der Waals surface area contributed by atoms with Crippen molar-refractivity contribution in [2.24, 2.45) is 0 Å². The van der Waals surface area contributed by atoms with Crippen LogP contribution in [0.4, 0.5) is 0 Å². The van der Waals surface area contributed by atoms with Gasteiger partial charge in [-0.1, -0.05) is 64.1 Å². The first-order valence-corrected chi connectivity index (χ1v) is 12.5. The Bertz CT molecular complexity index is 727. The van der Waals surface area contributed by atoms with E-state index in [4.69, 9.17) is 0 Å². The summed E-state index contributed by atoms with van der Waals surface area (Å²) in [5.41, 5.74) is 6.10. The van der Waals surface area contributed by atoms with Gasteiger partial charge in [0.25, 0.3) is 0 Å². The summed E-state index contributed by atoms with van der Waals surface area (Å²) in [6.45, 7) is 8.52. The molecule has 0 radical (unpaired) electrons. The topological polar surface area (TPSA) is 63.9 Å². The van der Waals surface area contributed by atoms with E-state index in [1.54, 1.807) is 0 Å². The summed E-state index contributed by atoms with van der Waals surface area (Å²) in [5.74, 6) is 0. The molecule has 0 aliphatic carbocycles. The van der Waals surface area contributed by atoms with Crippen molar-refractivity contribution >= 4 is 7.94 Å². The molecule has 5 heteroatoms. The fourth-order valence-corrected chi connectivity index (χ4v) is 5.94. The van der Waals surface area contributed by atoms with Crippen molar-refractivity contribution in [3.05, 3.63) is 69.8 Å². The average Bonchev–Trinajstić information content (AvgIpc) is 2.69. The van der Waals surface area contributed by atoms with Crippen LogP contribution in [-0.4, -0.2) is 39.8 Å². The third-order valence-electron chi connectivity index (χ3n) is 6.03. The van der Waals surface area contributed by atoms with Crippen molar-refractivity contribution in [2.75, 3.05) is 20.3 Å². The van der Waals surface area contributed by atoms with Gasteiger partial charge in [0.15, 0.2) is 6.16 Å². The van der Waals surface area contributed by atoms with E-state index in [0.29, 0.717) is 0 Å². The Balaban J connectivity index is 3.09. The van der Waals surface area contributed by atoms with Crippen LogP contribution in [0.25, 0.3) is 0 Å². The maximum atomic E-state index is 10.4. The minimum atomic E-state index is -4.09. The quantitative estimate of drug-likeness (QED) is 0.526. The first-order valence-electron chi connectivity index (χ1n) is 10.6. The van der Waals surface area contributed by atoms with Crippen LogP contribution in [0.5, 0.6) is 0 Å². The summed E-state index contributed by atoms with van der Waals surface area (Å²) >= 11 is 0. The monoisotopic (exact) mass is 418 g/mol. The summed E-state index contributed by atoms with van der Waals surface area (Å²) in [4.78, 5) is 33.2. The van der Waals surface area contributed by atoms with Crippen molar-refractivity contribution in [1.82, 2.24) is 4.90 Å². The SMILES string of the molecule is CCc1cccc(CC)c1C(C[P+](O)(O)O)(c1c(CC)cccc1CC)N(C)C. The van der Waals surface area contributed by atoms with Crippen molar-refractivity contribution < 1.29 is 14.7 Å². The number of benzene rings is 2. The molecule has 0 spiro atoms. The van der Waals surface area contributed by atoms with Crippen molar-refractivity contribution in [1.29, 1.82) is 0 Å². The van der Waals surface area contributed by atoms with Gasteiger partial charge in [0, 0.05) is 0 Å². The van der Waals surface area contributed by atoms with Gasteiger partial charge in [-0.2, -0.15) is 14.7 Å². The van der Waals surface area contributed by atoms with Gasteiger partial charge in [0.2, 0.25) is 0 Å². The van der Waals surface area contributed by atoms with Crippen LogP contribution in [0.15, 0.2) is 36.4 Å². The molecule has 29 heavy (non-hydrogen) atoms. The molecule has 2 aromatic carbocycles. The highest BCUT2D eigenvalue weighted by molar-refractivity contribution is 7.58. The van der Waals surface area contributed by atoms with Crippen molar-refractivity contribution in [3.8, 4) is 0 Å². The molecule has 160 valence electrons. The smallest absolute Gasteiger partial charge is 0.293 e. The molecule has 0 saturated heterocycles. The van der Waals surface area contributed by atoms with E-state index in [-0.39, 0.29) is 6.16 Å². The third-order valence-corrected chi connectivity index (χ3v) is 6.91. The Morgan fingerprint density at radius 1 is 0.690 bits per heavy atom. The lowest BCUT2D eigenvalue weighted by molar-refractivity contribution is 0.200. The standard InChI is InChI=1S/C24H37NO3P/c1-7-18-13-11-14-19(8-2)22(18)24(25(5)6,17-29(26,27)28)23-20(9-3)15-12-16-21(23)10-4/h11-16,26-28H,7-10,17H2,1-6H3/q+1. The molecule has 0 amide bonds. The Labute approximate surface area is 176 Å². The largest absolute Gasteiger partial charge is 0.406 e. The zero-order chi connectivity index (χ0) is 21.8. The molecule has 0 heterocycles. The van der Waals surface area contributed by atoms with Crippen LogP contribution in [0.1, 0.15) is 61.1 Å². The highest BCUT2D eigenvalue weighted by Gasteiger charge is 2.52. The molecule has 0 bridgehead atoms. The second kappa shape index (κ2) is 9.68. The zero-order valence-corrected chi connectivity index (χ0v) is 19.6. The first kappa shape index (κ1) is 24.0. The third kappa shape index (κ3) is 4.73. The fourth-order valence-electron chi connectivity index (χ4n) is 4.73. The second-order valence-corrected chi connectivity index (χ2v) is 9.62. The van der Waals surface area contributed by atoms with Crippen LogP contribution >= 0.6 is 7.94 Å². The van der Waals surface area contributed by atoms with Crippen molar-refractivity contribution in [3.63, 3.8) is 0 Å². The van der Waals surface area contributed by atoms with Crippen LogP contribution in [0, 0.1) is 0 Å². The minimum absolute atomic E-state index is 0.124. The lowest BCUT2D eigenvalue weighted by Gasteiger charge is -2.44. The molecular weight excluding hydrogens is 381 g/mol. The fraction of sp³-hybridized carbons (Fsp3) is 0.500. The molecule has 0 atom stereocenters. The Morgan fingerprint density at radius 2 is 1.00 bits per heavy atom. The summed E-state index contributed by atoms with van der Waals surface area (Å²) in [6.07, 6.45) is 3.22. The molecule has 3 N–H and O–H groups in total. The van der Waals surface area contributed by atoms with E-state index in [0.717, 1.165) is 36.8 Å². The number of hydrogen-bond acceptors (Lipinski definition) is 4. The van der Waals surface area contributed by atoms with Gasteiger partial charge in [-0.3, -0.25) is 4.90 Å². The minimum Gasteiger partial charge on any atom is -0.293 e. The Morgan fingerprint density at radius 3 is 1.21 bits per heavy atom. The Hall–Kier alpha value is -1.29.